The lowest BCUT2D eigenvalue weighted by Gasteiger charge is -2.71. The minimum atomic E-state index is -4.58. The second-order valence-corrected chi connectivity index (χ2v) is 17.8. The van der Waals surface area contributed by atoms with Crippen molar-refractivity contribution in [3.05, 3.63) is 95.0 Å². The van der Waals surface area contributed by atoms with Crippen molar-refractivity contribution in [2.45, 2.75) is 81.8 Å². The van der Waals surface area contributed by atoms with Gasteiger partial charge in [-0.2, -0.15) is 13.2 Å². The van der Waals surface area contributed by atoms with E-state index >= 15 is 0 Å². The van der Waals surface area contributed by atoms with E-state index in [9.17, 15) is 28.2 Å². The number of furan rings is 1. The fourth-order valence-electron chi connectivity index (χ4n) is 11.3. The molecule has 10 rings (SSSR count). The van der Waals surface area contributed by atoms with Crippen molar-refractivity contribution >= 4 is 29.1 Å². The maximum Gasteiger partial charge on any atom is 0.416 e. The summed E-state index contributed by atoms with van der Waals surface area (Å²) in [5, 5.41) is 31.7. The number of rotatable bonds is 7. The number of benzene rings is 1. The highest BCUT2D eigenvalue weighted by Crippen LogP contribution is 2.78. The smallest absolute Gasteiger partial charge is 0.416 e. The van der Waals surface area contributed by atoms with E-state index in [1.54, 1.807) is 12.4 Å². The summed E-state index contributed by atoms with van der Waals surface area (Å²) >= 11 is 7.78. The highest BCUT2D eigenvalue weighted by Gasteiger charge is 2.74. The molecule has 3 aromatic heterocycles. The first-order valence-corrected chi connectivity index (χ1v) is 19.8. The van der Waals surface area contributed by atoms with Crippen LogP contribution in [-0.2, 0) is 6.18 Å². The number of aliphatic hydroxyl groups is 2. The third-order valence-corrected chi connectivity index (χ3v) is 15.6. The molecular formula is C41H40ClF3N4O4S. The van der Waals surface area contributed by atoms with Gasteiger partial charge in [-0.15, -0.1) is 5.10 Å². The van der Waals surface area contributed by atoms with Gasteiger partial charge in [-0.25, -0.2) is 4.98 Å². The molecule has 282 valence electrons. The predicted molar refractivity (Wildman–Crippen MR) is 197 cm³/mol. The summed E-state index contributed by atoms with van der Waals surface area (Å²) in [6.07, 6.45) is 9.54. The van der Waals surface area contributed by atoms with Crippen LogP contribution in [0.3, 0.4) is 0 Å². The Morgan fingerprint density at radius 1 is 1.02 bits per heavy atom. The number of allylic oxidation sites excluding steroid dienone is 4. The second-order valence-electron chi connectivity index (χ2n) is 16.5. The van der Waals surface area contributed by atoms with E-state index in [1.165, 1.54) is 30.0 Å². The van der Waals surface area contributed by atoms with Crippen molar-refractivity contribution < 1.29 is 32.6 Å². The van der Waals surface area contributed by atoms with Crippen LogP contribution in [0.25, 0.3) is 22.7 Å². The lowest BCUT2D eigenvalue weighted by Crippen LogP contribution is -2.67. The molecule has 2 bridgehead atoms. The van der Waals surface area contributed by atoms with E-state index in [-0.39, 0.29) is 45.1 Å². The number of hydrogen-bond acceptors (Lipinski definition) is 8. The molecular weight excluding hydrogens is 737 g/mol. The van der Waals surface area contributed by atoms with Crippen LogP contribution in [-0.4, -0.2) is 53.6 Å². The fraction of sp³-hybridized carbons (Fsp3) is 0.463. The van der Waals surface area contributed by atoms with E-state index in [4.69, 9.17) is 16.0 Å². The molecule has 4 aromatic rings. The van der Waals surface area contributed by atoms with Crippen LogP contribution in [0.1, 0.15) is 74.9 Å². The van der Waals surface area contributed by atoms with E-state index in [0.717, 1.165) is 37.0 Å². The second kappa shape index (κ2) is 12.1. The zero-order valence-electron chi connectivity index (χ0n) is 29.8. The third-order valence-electron chi connectivity index (χ3n) is 14.2. The average Bonchev–Trinajstić information content (AvgIpc) is 3.89. The number of aliphatic hydroxyl groups excluding tert-OH is 1. The largest absolute Gasteiger partial charge is 0.453 e. The van der Waals surface area contributed by atoms with Crippen molar-refractivity contribution in [3.8, 4) is 22.7 Å². The molecule has 54 heavy (non-hydrogen) atoms. The van der Waals surface area contributed by atoms with E-state index in [0.29, 0.717) is 48.0 Å². The number of carbonyl (C=O) groups excluding carboxylic acids is 1. The van der Waals surface area contributed by atoms with Gasteiger partial charge >= 0.3 is 6.18 Å². The minimum absolute atomic E-state index is 0.0129. The van der Waals surface area contributed by atoms with Gasteiger partial charge in [0.05, 0.1) is 22.3 Å². The molecule has 6 aliphatic rings. The molecule has 2 spiro atoms. The number of Topliss-reactive ketones (excluding diaryl/α,β-unsaturated/α-hetero) is 1. The van der Waals surface area contributed by atoms with E-state index < -0.39 is 39.7 Å². The van der Waals surface area contributed by atoms with E-state index in [1.807, 2.05) is 12.1 Å². The fourth-order valence-corrected chi connectivity index (χ4v) is 12.7. The van der Waals surface area contributed by atoms with Crippen molar-refractivity contribution in [1.82, 2.24) is 20.2 Å². The Bertz CT molecular complexity index is 2220. The Morgan fingerprint density at radius 2 is 1.76 bits per heavy atom. The molecule has 6 aliphatic carbocycles. The number of thioether (sulfide) groups is 1. The Hall–Kier alpha value is -3.71. The molecule has 1 unspecified atom stereocenters. The van der Waals surface area contributed by atoms with Gasteiger partial charge in [-0.05, 0) is 105 Å². The van der Waals surface area contributed by atoms with Gasteiger partial charge in [-0.1, -0.05) is 55.4 Å². The van der Waals surface area contributed by atoms with Gasteiger partial charge in [0.2, 0.25) is 10.9 Å². The molecule has 8 nitrogen and oxygen atoms in total. The summed E-state index contributed by atoms with van der Waals surface area (Å²) in [5.41, 5.74) is -2.57. The highest BCUT2D eigenvalue weighted by atomic mass is 35.5. The van der Waals surface area contributed by atoms with Crippen LogP contribution >= 0.6 is 23.4 Å². The van der Waals surface area contributed by atoms with Gasteiger partial charge in [0.15, 0.2) is 11.6 Å². The first kappa shape index (κ1) is 36.0. The van der Waals surface area contributed by atoms with Gasteiger partial charge < -0.3 is 14.6 Å². The van der Waals surface area contributed by atoms with Crippen LogP contribution in [0, 0.1) is 33.5 Å². The monoisotopic (exact) mass is 776 g/mol. The summed E-state index contributed by atoms with van der Waals surface area (Å²) in [7, 11) is 0. The summed E-state index contributed by atoms with van der Waals surface area (Å²) in [4.78, 5) is 23.7. The maximum absolute atomic E-state index is 15.0. The Morgan fingerprint density at radius 3 is 2.54 bits per heavy atom. The first-order chi connectivity index (χ1) is 25.6. The Labute approximate surface area is 319 Å². The number of ketones is 1. The SMILES string of the molecule is C[C@]12CC[C@H]3[C@]4(C=C[C@@]5(C=C4C(=O)c4ccc(-c6cc(C(F)(F)F)ccc6Cl)o4)CC(O)CC[C@]35C)[C@@H]1CC[C@@]2(O)CSc1n[nH]c(-c2ccncc2)n1. The normalized spacial score (nSPS) is 35.3. The average molecular weight is 777 g/mol. The zero-order valence-corrected chi connectivity index (χ0v) is 31.4. The Balaban J connectivity index is 1.08. The highest BCUT2D eigenvalue weighted by molar-refractivity contribution is 7.99. The molecule has 1 aromatic carbocycles. The molecule has 3 saturated carbocycles. The lowest BCUT2D eigenvalue weighted by molar-refractivity contribution is -0.166. The molecule has 0 amide bonds. The van der Waals surface area contributed by atoms with Gasteiger partial charge in [-0.3, -0.25) is 14.9 Å². The van der Waals surface area contributed by atoms with Crippen molar-refractivity contribution in [2.75, 3.05) is 5.75 Å². The van der Waals surface area contributed by atoms with Crippen LogP contribution in [0.15, 0.2) is 88.2 Å². The number of halogens is 4. The number of carbonyl (C=O) groups is 1. The number of pyridine rings is 1. The molecule has 3 fully saturated rings. The molecule has 0 radical (unpaired) electrons. The molecule has 0 aliphatic heterocycles. The summed E-state index contributed by atoms with van der Waals surface area (Å²) in [6, 6.07) is 9.74. The zero-order chi connectivity index (χ0) is 37.9. The van der Waals surface area contributed by atoms with Crippen molar-refractivity contribution in [1.29, 1.82) is 0 Å². The number of nitrogens with one attached hydrogen (secondary N) is 1. The molecule has 3 N–H and O–H groups in total. The summed E-state index contributed by atoms with van der Waals surface area (Å²) in [5.74, 6) is 0.694. The molecule has 3 heterocycles. The van der Waals surface area contributed by atoms with E-state index in [2.05, 4.69) is 52.2 Å². The lowest BCUT2D eigenvalue weighted by atomic mass is 9.32. The number of H-pyrrole nitrogens is 1. The van der Waals surface area contributed by atoms with Gasteiger partial charge in [0.1, 0.15) is 5.76 Å². The van der Waals surface area contributed by atoms with Crippen LogP contribution < -0.4 is 0 Å². The van der Waals surface area contributed by atoms with Gasteiger partial charge in [0, 0.05) is 51.1 Å². The van der Waals surface area contributed by atoms with Crippen LogP contribution in [0.2, 0.25) is 5.02 Å². The third kappa shape index (κ3) is 5.05. The minimum Gasteiger partial charge on any atom is -0.453 e. The maximum atomic E-state index is 15.0. The van der Waals surface area contributed by atoms with Crippen LogP contribution in [0.4, 0.5) is 13.2 Å². The Kier molecular flexibility index (Phi) is 8.09. The topological polar surface area (TPSA) is 125 Å². The molecule has 13 heteroatoms. The number of hydrogen-bond donors (Lipinski definition) is 3. The summed E-state index contributed by atoms with van der Waals surface area (Å²) < 4.78 is 47.0. The predicted octanol–water partition coefficient (Wildman–Crippen LogP) is 9.37. The number of alkyl halides is 3. The van der Waals surface area contributed by atoms with Gasteiger partial charge in [0.25, 0.3) is 0 Å². The summed E-state index contributed by atoms with van der Waals surface area (Å²) in [6.45, 7) is 4.47. The van der Waals surface area contributed by atoms with Crippen LogP contribution in [0.5, 0.6) is 0 Å². The molecule has 0 saturated heterocycles. The quantitative estimate of drug-likeness (QED) is 0.0964. The van der Waals surface area contributed by atoms with Crippen molar-refractivity contribution in [2.24, 2.45) is 33.5 Å². The number of aromatic nitrogens is 4. The number of fused-ring (bicyclic) bond motifs is 1. The molecule has 8 atom stereocenters. The number of nitrogens with zero attached hydrogens (tertiary/aromatic N) is 3. The first-order valence-electron chi connectivity index (χ1n) is 18.4. The standard InChI is InChI=1S/C41H40ClF3N4O4S/c1-36-12-7-25(50)20-38(36)15-16-40(27(21-38)33(51)30-6-5-29(53-30)26-19-24(41(43,44)45)3-4-28(26)42)31(36)8-13-37(2)32(40)9-14-39(37,52)22-54-35-47-34(48-49-35)23-10-17-46-18-11-23/h3-6,10-11,15-19,21,25,31-32,50,52H,7-9,12-14,20,22H2,1-2H3,(H,47,48,49)/t25?,31-,32-,36-,37+,38+,39-,40-/m1/s1. The van der Waals surface area contributed by atoms with Crippen molar-refractivity contribution in [3.63, 3.8) is 0 Å². The number of aromatic amines is 1.